The highest BCUT2D eigenvalue weighted by Gasteiger charge is 2.27. The van der Waals surface area contributed by atoms with Gasteiger partial charge in [0.1, 0.15) is 11.3 Å². The molecule has 0 saturated carbocycles. The van der Waals surface area contributed by atoms with Gasteiger partial charge in [-0.25, -0.2) is 4.98 Å². The van der Waals surface area contributed by atoms with Gasteiger partial charge in [0, 0.05) is 42.2 Å². The van der Waals surface area contributed by atoms with E-state index in [1.165, 1.54) is 0 Å². The Morgan fingerprint density at radius 1 is 1.03 bits per heavy atom. The van der Waals surface area contributed by atoms with Crippen LogP contribution in [0, 0.1) is 0 Å². The molecule has 0 aliphatic carbocycles. The minimum atomic E-state index is -0.143. The highest BCUT2D eigenvalue weighted by atomic mass is 79.9. The molecule has 0 unspecified atom stereocenters. The Hall–Kier alpha value is -3.26. The van der Waals surface area contributed by atoms with Crippen LogP contribution in [0.3, 0.4) is 0 Å². The largest absolute Gasteiger partial charge is 0.438 e. The maximum Gasteiger partial charge on any atom is 0.259 e. The molecule has 2 amide bonds. The number of nitrogens with zero attached hydrogens (tertiary/aromatic N) is 3. The van der Waals surface area contributed by atoms with Crippen molar-refractivity contribution in [2.45, 2.75) is 18.9 Å². The number of halogens is 1. The molecule has 31 heavy (non-hydrogen) atoms. The van der Waals surface area contributed by atoms with Crippen molar-refractivity contribution in [3.05, 3.63) is 82.7 Å². The molecule has 4 rings (SSSR count). The number of amides is 2. The molecule has 7 nitrogen and oxygen atoms in total. The second-order valence-corrected chi connectivity index (χ2v) is 8.11. The molecule has 0 bridgehead atoms. The first-order valence-corrected chi connectivity index (χ1v) is 10.8. The molecular formula is C23H21BrN4O3. The number of aromatic nitrogens is 2. The Morgan fingerprint density at radius 2 is 1.77 bits per heavy atom. The molecule has 2 aromatic heterocycles. The van der Waals surface area contributed by atoms with Crippen LogP contribution in [0.2, 0.25) is 0 Å². The lowest BCUT2D eigenvalue weighted by atomic mass is 10.0. The van der Waals surface area contributed by atoms with Gasteiger partial charge in [-0.3, -0.25) is 14.6 Å². The van der Waals surface area contributed by atoms with Gasteiger partial charge in [-0.05, 0) is 61.4 Å². The standard InChI is InChI=1S/C23H21BrN4O3/c24-17-5-7-19(8-6-17)31-22-20(4-2-12-26-22)23(30)28-13-9-18(10-14-28)27-21(29)16-3-1-11-25-15-16/h1-8,11-12,15,18H,9-10,13-14H2,(H,27,29). The highest BCUT2D eigenvalue weighted by molar-refractivity contribution is 9.10. The van der Waals surface area contributed by atoms with Gasteiger partial charge >= 0.3 is 0 Å². The summed E-state index contributed by atoms with van der Waals surface area (Å²) in [5.41, 5.74) is 0.953. The fraction of sp³-hybridized carbons (Fsp3) is 0.217. The highest BCUT2D eigenvalue weighted by Crippen LogP contribution is 2.26. The summed E-state index contributed by atoms with van der Waals surface area (Å²) < 4.78 is 6.80. The number of likely N-dealkylation sites (tertiary alicyclic amines) is 1. The van der Waals surface area contributed by atoms with Crippen molar-refractivity contribution in [1.82, 2.24) is 20.2 Å². The SMILES string of the molecule is O=C(NC1CCN(C(=O)c2cccnc2Oc2ccc(Br)cc2)CC1)c1cccnc1. The third-order valence-corrected chi connectivity index (χ3v) is 5.60. The fourth-order valence-corrected chi connectivity index (χ4v) is 3.68. The summed E-state index contributed by atoms with van der Waals surface area (Å²) in [5.74, 6) is 0.613. The number of benzene rings is 1. The molecular weight excluding hydrogens is 460 g/mol. The summed E-state index contributed by atoms with van der Waals surface area (Å²) in [6.07, 6.45) is 6.14. The quantitative estimate of drug-likeness (QED) is 0.594. The van der Waals surface area contributed by atoms with E-state index in [0.717, 1.165) is 4.47 Å². The van der Waals surface area contributed by atoms with Crippen LogP contribution >= 0.6 is 15.9 Å². The van der Waals surface area contributed by atoms with E-state index in [1.54, 1.807) is 47.8 Å². The lowest BCUT2D eigenvalue weighted by Crippen LogP contribution is -2.46. The van der Waals surface area contributed by atoms with Crippen LogP contribution in [-0.2, 0) is 0 Å². The maximum atomic E-state index is 13.1. The Kier molecular flexibility index (Phi) is 6.57. The molecule has 1 fully saturated rings. The van der Waals surface area contributed by atoms with E-state index in [-0.39, 0.29) is 23.7 Å². The number of piperidine rings is 1. The third-order valence-electron chi connectivity index (χ3n) is 5.07. The van der Waals surface area contributed by atoms with Crippen molar-refractivity contribution in [1.29, 1.82) is 0 Å². The van der Waals surface area contributed by atoms with E-state index < -0.39 is 0 Å². The summed E-state index contributed by atoms with van der Waals surface area (Å²) in [7, 11) is 0. The van der Waals surface area contributed by atoms with Crippen LogP contribution in [0.4, 0.5) is 0 Å². The van der Waals surface area contributed by atoms with E-state index in [4.69, 9.17) is 4.74 Å². The van der Waals surface area contributed by atoms with Crippen LogP contribution in [-0.4, -0.2) is 45.8 Å². The number of ether oxygens (including phenoxy) is 1. The Labute approximate surface area is 188 Å². The zero-order valence-electron chi connectivity index (χ0n) is 16.7. The molecule has 3 aromatic rings. The van der Waals surface area contributed by atoms with Crippen LogP contribution in [0.25, 0.3) is 0 Å². The fourth-order valence-electron chi connectivity index (χ4n) is 3.41. The van der Waals surface area contributed by atoms with Crippen molar-refractivity contribution in [2.75, 3.05) is 13.1 Å². The topological polar surface area (TPSA) is 84.4 Å². The number of carbonyl (C=O) groups is 2. The van der Waals surface area contributed by atoms with Gasteiger partial charge in [-0.2, -0.15) is 0 Å². The van der Waals surface area contributed by atoms with Crippen LogP contribution in [0.15, 0.2) is 71.6 Å². The summed E-state index contributed by atoms with van der Waals surface area (Å²) in [4.78, 5) is 35.5. The molecule has 8 heteroatoms. The molecule has 158 valence electrons. The normalized spacial score (nSPS) is 14.2. The number of pyridine rings is 2. The first-order chi connectivity index (χ1) is 15.1. The van der Waals surface area contributed by atoms with E-state index in [2.05, 4.69) is 31.2 Å². The van der Waals surface area contributed by atoms with Gasteiger partial charge < -0.3 is 15.0 Å². The molecule has 1 saturated heterocycles. The van der Waals surface area contributed by atoms with Crippen LogP contribution in [0.5, 0.6) is 11.6 Å². The molecule has 0 spiro atoms. The first kappa shape index (κ1) is 21.0. The van der Waals surface area contributed by atoms with E-state index in [0.29, 0.717) is 42.8 Å². The first-order valence-electron chi connectivity index (χ1n) is 9.99. The van der Waals surface area contributed by atoms with Crippen LogP contribution in [0.1, 0.15) is 33.6 Å². The van der Waals surface area contributed by atoms with Gasteiger partial charge in [0.15, 0.2) is 0 Å². The minimum absolute atomic E-state index is 0.0177. The van der Waals surface area contributed by atoms with Crippen molar-refractivity contribution < 1.29 is 14.3 Å². The van der Waals surface area contributed by atoms with Crippen molar-refractivity contribution in [2.24, 2.45) is 0 Å². The number of carbonyl (C=O) groups excluding carboxylic acids is 2. The summed E-state index contributed by atoms with van der Waals surface area (Å²) in [6, 6.07) is 14.3. The zero-order chi connectivity index (χ0) is 21.6. The molecule has 0 radical (unpaired) electrons. The molecule has 1 aliphatic heterocycles. The van der Waals surface area contributed by atoms with Gasteiger partial charge in [-0.1, -0.05) is 15.9 Å². The minimum Gasteiger partial charge on any atom is -0.438 e. The Bertz CT molecular complexity index is 1050. The number of rotatable bonds is 5. The second-order valence-electron chi connectivity index (χ2n) is 7.19. The van der Waals surface area contributed by atoms with Crippen molar-refractivity contribution >= 4 is 27.7 Å². The third kappa shape index (κ3) is 5.27. The van der Waals surface area contributed by atoms with Crippen molar-refractivity contribution in [3.63, 3.8) is 0 Å². The number of hydrogen-bond acceptors (Lipinski definition) is 5. The monoisotopic (exact) mass is 480 g/mol. The van der Waals surface area contributed by atoms with Gasteiger partial charge in [0.2, 0.25) is 5.88 Å². The molecule has 3 heterocycles. The molecule has 1 aliphatic rings. The maximum absolute atomic E-state index is 13.1. The summed E-state index contributed by atoms with van der Waals surface area (Å²) >= 11 is 3.39. The predicted octanol–water partition coefficient (Wildman–Crippen LogP) is 4.07. The number of nitrogens with one attached hydrogen (secondary N) is 1. The number of hydrogen-bond donors (Lipinski definition) is 1. The van der Waals surface area contributed by atoms with E-state index in [9.17, 15) is 9.59 Å². The van der Waals surface area contributed by atoms with Crippen molar-refractivity contribution in [3.8, 4) is 11.6 Å². The average Bonchev–Trinajstić information content (AvgIpc) is 2.81. The predicted molar refractivity (Wildman–Crippen MR) is 119 cm³/mol. The molecule has 1 aromatic carbocycles. The van der Waals surface area contributed by atoms with Gasteiger partial charge in [0.05, 0.1) is 5.56 Å². The van der Waals surface area contributed by atoms with E-state index >= 15 is 0 Å². The Morgan fingerprint density at radius 3 is 2.48 bits per heavy atom. The molecule has 1 N–H and O–H groups in total. The summed E-state index contributed by atoms with van der Waals surface area (Å²) in [5, 5.41) is 3.03. The average molecular weight is 481 g/mol. The summed E-state index contributed by atoms with van der Waals surface area (Å²) in [6.45, 7) is 1.09. The lowest BCUT2D eigenvalue weighted by molar-refractivity contribution is 0.0695. The van der Waals surface area contributed by atoms with E-state index in [1.807, 2.05) is 24.3 Å². The molecule has 0 atom stereocenters. The second kappa shape index (κ2) is 9.70. The van der Waals surface area contributed by atoms with Gasteiger partial charge in [-0.15, -0.1) is 0 Å². The smallest absolute Gasteiger partial charge is 0.259 e. The van der Waals surface area contributed by atoms with Gasteiger partial charge in [0.25, 0.3) is 11.8 Å². The lowest BCUT2D eigenvalue weighted by Gasteiger charge is -2.32. The Balaban J connectivity index is 1.38. The van der Waals surface area contributed by atoms with Crippen LogP contribution < -0.4 is 10.1 Å². The zero-order valence-corrected chi connectivity index (χ0v) is 18.3.